The number of rotatable bonds is 7. The van der Waals surface area contributed by atoms with Gasteiger partial charge in [0.2, 0.25) is 0 Å². The molecular weight excluding hydrogens is 245 g/mol. The van der Waals surface area contributed by atoms with Gasteiger partial charge in [-0.2, -0.15) is 0 Å². The van der Waals surface area contributed by atoms with Crippen molar-refractivity contribution >= 4 is 5.91 Å². The van der Waals surface area contributed by atoms with E-state index in [1.54, 1.807) is 12.1 Å². The standard InChI is InChI=1S/C15H22FNO2/c1-4-8-11(3)17-15(18)13(5-2)19-14-10-7-6-9-12(14)16/h6-7,9-11,13H,4-5,8H2,1-3H3,(H,17,18)/t11-,13+/m0/s1. The number of carbonyl (C=O) groups excluding carboxylic acids is 1. The molecule has 0 radical (unpaired) electrons. The van der Waals surface area contributed by atoms with Gasteiger partial charge in [-0.05, 0) is 31.9 Å². The Morgan fingerprint density at radius 2 is 2.05 bits per heavy atom. The number of amides is 1. The van der Waals surface area contributed by atoms with Crippen LogP contribution in [0.25, 0.3) is 0 Å². The Morgan fingerprint density at radius 1 is 1.37 bits per heavy atom. The molecule has 0 saturated carbocycles. The molecule has 4 heteroatoms. The van der Waals surface area contributed by atoms with Gasteiger partial charge in [0.1, 0.15) is 0 Å². The molecule has 0 spiro atoms. The van der Waals surface area contributed by atoms with E-state index in [0.717, 1.165) is 12.8 Å². The second kappa shape index (κ2) is 7.77. The van der Waals surface area contributed by atoms with Crippen LogP contribution in [0.4, 0.5) is 4.39 Å². The van der Waals surface area contributed by atoms with Crippen LogP contribution in [-0.4, -0.2) is 18.1 Å². The molecule has 0 heterocycles. The second-order valence-electron chi connectivity index (χ2n) is 4.64. The van der Waals surface area contributed by atoms with E-state index in [9.17, 15) is 9.18 Å². The summed E-state index contributed by atoms with van der Waals surface area (Å²) < 4.78 is 18.9. The average Bonchev–Trinajstić information content (AvgIpc) is 2.37. The van der Waals surface area contributed by atoms with Gasteiger partial charge in [0, 0.05) is 6.04 Å². The Bertz CT molecular complexity index is 409. The zero-order valence-electron chi connectivity index (χ0n) is 11.8. The lowest BCUT2D eigenvalue weighted by molar-refractivity contribution is -0.128. The second-order valence-corrected chi connectivity index (χ2v) is 4.64. The molecule has 1 N–H and O–H groups in total. The highest BCUT2D eigenvalue weighted by atomic mass is 19.1. The van der Waals surface area contributed by atoms with E-state index in [0.29, 0.717) is 6.42 Å². The van der Waals surface area contributed by atoms with Gasteiger partial charge in [0.25, 0.3) is 5.91 Å². The first-order chi connectivity index (χ1) is 9.08. The van der Waals surface area contributed by atoms with Crippen LogP contribution in [0.2, 0.25) is 0 Å². The number of benzene rings is 1. The number of ether oxygens (including phenoxy) is 1. The van der Waals surface area contributed by atoms with Gasteiger partial charge in [-0.1, -0.05) is 32.4 Å². The number of para-hydroxylation sites is 1. The normalized spacial score (nSPS) is 13.7. The van der Waals surface area contributed by atoms with Crippen molar-refractivity contribution < 1.29 is 13.9 Å². The van der Waals surface area contributed by atoms with E-state index in [1.807, 2.05) is 13.8 Å². The zero-order valence-corrected chi connectivity index (χ0v) is 11.8. The van der Waals surface area contributed by atoms with Crippen molar-refractivity contribution in [2.75, 3.05) is 0 Å². The third kappa shape index (κ3) is 4.89. The van der Waals surface area contributed by atoms with Crippen molar-refractivity contribution in [3.05, 3.63) is 30.1 Å². The summed E-state index contributed by atoms with van der Waals surface area (Å²) in [5, 5.41) is 2.89. The number of nitrogens with one attached hydrogen (secondary N) is 1. The molecule has 106 valence electrons. The Labute approximate surface area is 114 Å². The maximum atomic E-state index is 13.5. The molecule has 0 aromatic heterocycles. The molecule has 0 aliphatic carbocycles. The van der Waals surface area contributed by atoms with Crippen molar-refractivity contribution in [2.45, 2.75) is 52.2 Å². The summed E-state index contributed by atoms with van der Waals surface area (Å²) in [5.41, 5.74) is 0. The third-order valence-electron chi connectivity index (χ3n) is 2.88. The van der Waals surface area contributed by atoms with Crippen LogP contribution in [0.15, 0.2) is 24.3 Å². The Hall–Kier alpha value is -1.58. The summed E-state index contributed by atoms with van der Waals surface area (Å²) in [7, 11) is 0. The summed E-state index contributed by atoms with van der Waals surface area (Å²) in [6, 6.07) is 6.23. The van der Waals surface area contributed by atoms with Crippen LogP contribution in [0.5, 0.6) is 5.75 Å². The first kappa shape index (κ1) is 15.5. The van der Waals surface area contributed by atoms with Crippen LogP contribution >= 0.6 is 0 Å². The molecule has 0 unspecified atom stereocenters. The lowest BCUT2D eigenvalue weighted by Crippen LogP contribution is -2.42. The number of carbonyl (C=O) groups is 1. The molecule has 0 aliphatic rings. The first-order valence-corrected chi connectivity index (χ1v) is 6.80. The monoisotopic (exact) mass is 267 g/mol. The smallest absolute Gasteiger partial charge is 0.261 e. The molecule has 2 atom stereocenters. The molecule has 0 saturated heterocycles. The van der Waals surface area contributed by atoms with E-state index in [4.69, 9.17) is 4.74 Å². The first-order valence-electron chi connectivity index (χ1n) is 6.80. The summed E-state index contributed by atoms with van der Waals surface area (Å²) in [6.45, 7) is 5.86. The fraction of sp³-hybridized carbons (Fsp3) is 0.533. The number of halogens is 1. The Balaban J connectivity index is 2.63. The van der Waals surface area contributed by atoms with Crippen molar-refractivity contribution in [3.8, 4) is 5.75 Å². The summed E-state index contributed by atoms with van der Waals surface area (Å²) in [6.07, 6.45) is 1.77. The van der Waals surface area contributed by atoms with Crippen LogP contribution in [0.3, 0.4) is 0 Å². The summed E-state index contributed by atoms with van der Waals surface area (Å²) in [5.74, 6) is -0.519. The van der Waals surface area contributed by atoms with E-state index < -0.39 is 11.9 Å². The van der Waals surface area contributed by atoms with Gasteiger partial charge in [0.05, 0.1) is 0 Å². The topological polar surface area (TPSA) is 38.3 Å². The van der Waals surface area contributed by atoms with Gasteiger partial charge >= 0.3 is 0 Å². The SMILES string of the molecule is CCC[C@H](C)NC(=O)[C@@H](CC)Oc1ccccc1F. The lowest BCUT2D eigenvalue weighted by atomic mass is 10.1. The molecule has 19 heavy (non-hydrogen) atoms. The maximum Gasteiger partial charge on any atom is 0.261 e. The van der Waals surface area contributed by atoms with Gasteiger partial charge in [-0.25, -0.2) is 4.39 Å². The molecule has 0 fully saturated rings. The summed E-state index contributed by atoms with van der Waals surface area (Å²) in [4.78, 5) is 12.0. The third-order valence-corrected chi connectivity index (χ3v) is 2.88. The minimum absolute atomic E-state index is 0.107. The van der Waals surface area contributed by atoms with Crippen LogP contribution < -0.4 is 10.1 Å². The number of hydrogen-bond donors (Lipinski definition) is 1. The number of hydrogen-bond acceptors (Lipinski definition) is 2. The minimum Gasteiger partial charge on any atom is -0.478 e. The van der Waals surface area contributed by atoms with E-state index in [1.165, 1.54) is 12.1 Å². The highest BCUT2D eigenvalue weighted by Crippen LogP contribution is 2.18. The Morgan fingerprint density at radius 3 is 2.63 bits per heavy atom. The van der Waals surface area contributed by atoms with E-state index >= 15 is 0 Å². The van der Waals surface area contributed by atoms with E-state index in [2.05, 4.69) is 12.2 Å². The molecular formula is C15H22FNO2. The van der Waals surface area contributed by atoms with Gasteiger partial charge in [-0.3, -0.25) is 4.79 Å². The van der Waals surface area contributed by atoms with Crippen LogP contribution in [0, 0.1) is 5.82 Å². The molecule has 0 aliphatic heterocycles. The molecule has 1 aromatic carbocycles. The highest BCUT2D eigenvalue weighted by Gasteiger charge is 2.20. The fourth-order valence-electron chi connectivity index (χ4n) is 1.86. The van der Waals surface area contributed by atoms with Crippen LogP contribution in [0.1, 0.15) is 40.0 Å². The van der Waals surface area contributed by atoms with Crippen molar-refractivity contribution in [1.82, 2.24) is 5.32 Å². The van der Waals surface area contributed by atoms with Crippen molar-refractivity contribution in [1.29, 1.82) is 0 Å². The van der Waals surface area contributed by atoms with Crippen molar-refractivity contribution in [2.24, 2.45) is 0 Å². The van der Waals surface area contributed by atoms with Gasteiger partial charge in [-0.15, -0.1) is 0 Å². The minimum atomic E-state index is -0.656. The summed E-state index contributed by atoms with van der Waals surface area (Å²) >= 11 is 0. The largest absolute Gasteiger partial charge is 0.478 e. The molecule has 0 bridgehead atoms. The molecule has 3 nitrogen and oxygen atoms in total. The molecule has 1 aromatic rings. The lowest BCUT2D eigenvalue weighted by Gasteiger charge is -2.20. The fourth-order valence-corrected chi connectivity index (χ4v) is 1.86. The maximum absolute atomic E-state index is 13.5. The van der Waals surface area contributed by atoms with Gasteiger partial charge < -0.3 is 10.1 Å². The molecule has 1 rings (SSSR count). The predicted molar refractivity (Wildman–Crippen MR) is 73.6 cm³/mol. The van der Waals surface area contributed by atoms with Crippen molar-refractivity contribution in [3.63, 3.8) is 0 Å². The van der Waals surface area contributed by atoms with Gasteiger partial charge in [0.15, 0.2) is 17.7 Å². The van der Waals surface area contributed by atoms with E-state index in [-0.39, 0.29) is 17.7 Å². The predicted octanol–water partition coefficient (Wildman–Crippen LogP) is 3.29. The molecule has 1 amide bonds. The zero-order chi connectivity index (χ0) is 14.3. The highest BCUT2D eigenvalue weighted by molar-refractivity contribution is 5.81. The average molecular weight is 267 g/mol. The van der Waals surface area contributed by atoms with Crippen LogP contribution in [-0.2, 0) is 4.79 Å². The quantitative estimate of drug-likeness (QED) is 0.823. The Kier molecular flexibility index (Phi) is 6.33.